The Morgan fingerprint density at radius 1 is 1.24 bits per heavy atom. The van der Waals surface area contributed by atoms with Crippen LogP contribution >= 0.6 is 0 Å². The van der Waals surface area contributed by atoms with E-state index in [1.807, 2.05) is 0 Å². The molecular weight excluding hydrogens is 287 g/mol. The smallest absolute Gasteiger partial charge is 0.453 e. The van der Waals surface area contributed by atoms with Gasteiger partial charge in [-0.3, -0.25) is 9.59 Å². The van der Waals surface area contributed by atoms with Crippen LogP contribution in [0.25, 0.3) is 11.3 Å². The number of benzene rings is 1. The molecule has 0 saturated carbocycles. The van der Waals surface area contributed by atoms with E-state index in [1.54, 1.807) is 6.07 Å². The number of furan rings is 1. The molecule has 0 unspecified atom stereocenters. The van der Waals surface area contributed by atoms with Crippen molar-refractivity contribution in [1.82, 2.24) is 0 Å². The van der Waals surface area contributed by atoms with E-state index in [-0.39, 0.29) is 22.6 Å². The molecule has 1 aromatic heterocycles. The van der Waals surface area contributed by atoms with Crippen LogP contribution < -0.4 is 0 Å². The highest BCUT2D eigenvalue weighted by atomic mass is 19.4. The number of nitriles is 1. The molecule has 0 amide bonds. The molecule has 0 spiro atoms. The van der Waals surface area contributed by atoms with Crippen molar-refractivity contribution in [3.8, 4) is 17.4 Å². The van der Waals surface area contributed by atoms with Crippen LogP contribution in [0.2, 0.25) is 0 Å². The monoisotopic (exact) mass is 293 g/mol. The molecule has 0 aliphatic heterocycles. The summed E-state index contributed by atoms with van der Waals surface area (Å²) in [7, 11) is 0. The van der Waals surface area contributed by atoms with Gasteiger partial charge in [0.05, 0.1) is 11.6 Å². The Morgan fingerprint density at radius 3 is 2.48 bits per heavy atom. The van der Waals surface area contributed by atoms with Gasteiger partial charge in [0.25, 0.3) is 5.78 Å². The molecule has 21 heavy (non-hydrogen) atoms. The molecule has 1 heterocycles. The molecule has 2 rings (SSSR count). The molecule has 0 bridgehead atoms. The van der Waals surface area contributed by atoms with E-state index in [9.17, 15) is 22.8 Å². The van der Waals surface area contributed by atoms with Crippen LogP contribution in [0.3, 0.4) is 0 Å². The molecular formula is C14H6F3NO3. The summed E-state index contributed by atoms with van der Waals surface area (Å²) in [5.74, 6) is -2.23. The first kappa shape index (κ1) is 14.5. The fourth-order valence-electron chi connectivity index (χ4n) is 1.73. The first-order valence-corrected chi connectivity index (χ1v) is 5.58. The largest absolute Gasteiger partial charge is 0.454 e. The second-order valence-corrected chi connectivity index (χ2v) is 4.02. The SMILES string of the molecule is N#Cc1ccc(-c2ccc(C=O)o2)c(C(=O)C(F)(F)F)c1. The molecule has 4 nitrogen and oxygen atoms in total. The summed E-state index contributed by atoms with van der Waals surface area (Å²) in [6, 6.07) is 7.47. The quantitative estimate of drug-likeness (QED) is 0.642. The molecule has 0 fully saturated rings. The maximum Gasteiger partial charge on any atom is 0.454 e. The van der Waals surface area contributed by atoms with E-state index in [4.69, 9.17) is 9.68 Å². The summed E-state index contributed by atoms with van der Waals surface area (Å²) in [6.45, 7) is 0. The summed E-state index contributed by atoms with van der Waals surface area (Å²) in [4.78, 5) is 22.0. The third-order valence-corrected chi connectivity index (χ3v) is 2.66. The second kappa shape index (κ2) is 5.25. The number of nitrogens with zero attached hydrogens (tertiary/aromatic N) is 1. The lowest BCUT2D eigenvalue weighted by molar-refractivity contribution is -0.0884. The third kappa shape index (κ3) is 2.84. The first-order valence-electron chi connectivity index (χ1n) is 5.58. The predicted molar refractivity (Wildman–Crippen MR) is 64.6 cm³/mol. The normalized spacial score (nSPS) is 11.0. The molecule has 1 aromatic carbocycles. The topological polar surface area (TPSA) is 71.1 Å². The van der Waals surface area contributed by atoms with Crippen molar-refractivity contribution < 1.29 is 27.2 Å². The minimum absolute atomic E-state index is 0.0609. The zero-order valence-electron chi connectivity index (χ0n) is 10.3. The van der Waals surface area contributed by atoms with Crippen molar-refractivity contribution in [2.45, 2.75) is 6.18 Å². The second-order valence-electron chi connectivity index (χ2n) is 4.02. The van der Waals surface area contributed by atoms with Gasteiger partial charge in [0.15, 0.2) is 12.0 Å². The minimum Gasteiger partial charge on any atom is -0.453 e. The predicted octanol–water partition coefficient (Wildman–Crippen LogP) is 3.38. The molecule has 0 atom stereocenters. The zero-order valence-corrected chi connectivity index (χ0v) is 10.3. The Kier molecular flexibility index (Phi) is 3.63. The van der Waals surface area contributed by atoms with Crippen LogP contribution in [-0.2, 0) is 0 Å². The Hall–Kier alpha value is -2.88. The van der Waals surface area contributed by atoms with E-state index in [0.29, 0.717) is 6.29 Å². The van der Waals surface area contributed by atoms with Gasteiger partial charge in [-0.05, 0) is 30.3 Å². The third-order valence-electron chi connectivity index (χ3n) is 2.66. The first-order chi connectivity index (χ1) is 9.86. The number of carbonyl (C=O) groups excluding carboxylic acids is 2. The lowest BCUT2D eigenvalue weighted by Crippen LogP contribution is -2.23. The average molecular weight is 293 g/mol. The van der Waals surface area contributed by atoms with Gasteiger partial charge in [0, 0.05) is 11.1 Å². The van der Waals surface area contributed by atoms with Gasteiger partial charge in [-0.1, -0.05) is 0 Å². The molecule has 0 radical (unpaired) electrons. The number of hydrogen-bond donors (Lipinski definition) is 0. The van der Waals surface area contributed by atoms with Crippen molar-refractivity contribution in [3.63, 3.8) is 0 Å². The number of rotatable bonds is 3. The summed E-state index contributed by atoms with van der Waals surface area (Å²) < 4.78 is 42.9. The van der Waals surface area contributed by atoms with Crippen molar-refractivity contribution >= 4 is 12.1 Å². The number of hydrogen-bond acceptors (Lipinski definition) is 4. The van der Waals surface area contributed by atoms with Gasteiger partial charge >= 0.3 is 6.18 Å². The fourth-order valence-corrected chi connectivity index (χ4v) is 1.73. The van der Waals surface area contributed by atoms with Crippen molar-refractivity contribution in [3.05, 3.63) is 47.2 Å². The molecule has 7 heteroatoms. The summed E-state index contributed by atoms with van der Waals surface area (Å²) in [6.07, 6.45) is -4.69. The zero-order chi connectivity index (χ0) is 15.6. The van der Waals surface area contributed by atoms with Crippen molar-refractivity contribution in [2.75, 3.05) is 0 Å². The van der Waals surface area contributed by atoms with E-state index < -0.39 is 17.5 Å². The standard InChI is InChI=1S/C14H6F3NO3/c15-14(16,17)13(20)11-5-8(6-18)1-3-10(11)12-4-2-9(7-19)21-12/h1-5,7H. The number of carbonyl (C=O) groups is 2. The fraction of sp³-hybridized carbons (Fsp3) is 0.0714. The molecule has 0 N–H and O–H groups in total. The Morgan fingerprint density at radius 2 is 1.95 bits per heavy atom. The minimum atomic E-state index is -5.08. The molecule has 106 valence electrons. The molecule has 0 aliphatic rings. The maximum atomic E-state index is 12.6. The molecule has 0 aliphatic carbocycles. The van der Waals surface area contributed by atoms with E-state index in [1.165, 1.54) is 24.3 Å². The van der Waals surface area contributed by atoms with E-state index >= 15 is 0 Å². The highest BCUT2D eigenvalue weighted by molar-refractivity contribution is 6.05. The number of halogens is 3. The Bertz CT molecular complexity index is 754. The van der Waals surface area contributed by atoms with Crippen LogP contribution in [0.15, 0.2) is 34.7 Å². The highest BCUT2D eigenvalue weighted by Crippen LogP contribution is 2.31. The lowest BCUT2D eigenvalue weighted by atomic mass is 9.99. The molecule has 2 aromatic rings. The van der Waals surface area contributed by atoms with Crippen molar-refractivity contribution in [2.24, 2.45) is 0 Å². The Labute approximate surface area is 116 Å². The maximum absolute atomic E-state index is 12.6. The summed E-state index contributed by atoms with van der Waals surface area (Å²) in [5, 5.41) is 8.74. The van der Waals surface area contributed by atoms with E-state index in [0.717, 1.165) is 6.07 Å². The average Bonchev–Trinajstić information content (AvgIpc) is 2.93. The van der Waals surface area contributed by atoms with Crippen LogP contribution in [0.5, 0.6) is 0 Å². The van der Waals surface area contributed by atoms with Gasteiger partial charge in [-0.15, -0.1) is 0 Å². The Balaban J connectivity index is 2.63. The molecule has 0 saturated heterocycles. The van der Waals surface area contributed by atoms with Gasteiger partial charge in [-0.2, -0.15) is 18.4 Å². The summed E-state index contributed by atoms with van der Waals surface area (Å²) >= 11 is 0. The van der Waals surface area contributed by atoms with E-state index in [2.05, 4.69) is 0 Å². The van der Waals surface area contributed by atoms with Gasteiger partial charge in [0.2, 0.25) is 0 Å². The van der Waals surface area contributed by atoms with Gasteiger partial charge in [-0.25, -0.2) is 0 Å². The van der Waals surface area contributed by atoms with Crippen LogP contribution in [0, 0.1) is 11.3 Å². The number of alkyl halides is 3. The lowest BCUT2D eigenvalue weighted by Gasteiger charge is -2.09. The van der Waals surface area contributed by atoms with Gasteiger partial charge in [0.1, 0.15) is 5.76 Å². The number of Topliss-reactive ketones (excluding diaryl/α,β-unsaturated/α-hetero) is 1. The van der Waals surface area contributed by atoms with Crippen molar-refractivity contribution in [1.29, 1.82) is 5.26 Å². The summed E-state index contributed by atoms with van der Waals surface area (Å²) in [5.41, 5.74) is -0.925. The van der Waals surface area contributed by atoms with Crippen LogP contribution in [0.4, 0.5) is 13.2 Å². The highest BCUT2D eigenvalue weighted by Gasteiger charge is 2.40. The number of aldehydes is 1. The van der Waals surface area contributed by atoms with Gasteiger partial charge < -0.3 is 4.42 Å². The van der Waals surface area contributed by atoms with Crippen LogP contribution in [-0.4, -0.2) is 18.2 Å². The van der Waals surface area contributed by atoms with Crippen LogP contribution in [0.1, 0.15) is 26.5 Å². The number of ketones is 1.